The minimum Gasteiger partial charge on any atom is -0.459 e. The quantitative estimate of drug-likeness (QED) is 0.310. The number of carbonyl (C=O) groups is 1. The Hall–Kier alpha value is -1.55. The number of furan rings is 1. The number of hydrogen-bond acceptors (Lipinski definition) is 4. The molecule has 1 aromatic heterocycles. The van der Waals surface area contributed by atoms with E-state index in [9.17, 15) is 4.79 Å². The van der Waals surface area contributed by atoms with Gasteiger partial charge in [0.05, 0.1) is 12.9 Å². The highest BCUT2D eigenvalue weighted by Gasteiger charge is 2.70. The molecule has 4 heteroatoms. The normalized spacial score (nSPS) is 46.7. The molecule has 6 rings (SSSR count). The van der Waals surface area contributed by atoms with E-state index in [1.807, 2.05) is 0 Å². The maximum atomic E-state index is 12.8. The SMILES string of the molecule is C=C(C)[C@@H]1CC[C@]2(COC(=O)c3ccco3)CC[C@]3(C)[C@H](CC[C@@H]4[C@@]5(C)CCCNC(C)(C)[C@@H]5CC[C@]43C)[C@@H]12. The summed E-state index contributed by atoms with van der Waals surface area (Å²) in [6, 6.07) is 3.47. The number of ether oxygens (including phenoxy) is 1. The third-order valence-electron chi connectivity index (χ3n) is 14.1. The Kier molecular flexibility index (Phi) is 6.53. The monoisotopic (exact) mass is 535 g/mol. The van der Waals surface area contributed by atoms with Crippen molar-refractivity contribution in [2.24, 2.45) is 51.2 Å². The number of hydrogen-bond donors (Lipinski definition) is 1. The molecule has 9 atom stereocenters. The molecular weight excluding hydrogens is 482 g/mol. The predicted molar refractivity (Wildman–Crippen MR) is 156 cm³/mol. The zero-order chi connectivity index (χ0) is 27.8. The molecule has 5 fully saturated rings. The summed E-state index contributed by atoms with van der Waals surface area (Å²) in [7, 11) is 0. The Morgan fingerprint density at radius 3 is 2.51 bits per heavy atom. The van der Waals surface area contributed by atoms with Crippen LogP contribution in [0.1, 0.15) is 116 Å². The second kappa shape index (κ2) is 9.23. The van der Waals surface area contributed by atoms with Gasteiger partial charge in [0, 0.05) is 11.0 Å². The molecule has 1 saturated heterocycles. The van der Waals surface area contributed by atoms with Crippen molar-refractivity contribution in [3.63, 3.8) is 0 Å². The van der Waals surface area contributed by atoms with Gasteiger partial charge in [-0.3, -0.25) is 0 Å². The fraction of sp³-hybridized carbons (Fsp3) is 0.800. The molecule has 0 radical (unpaired) electrons. The predicted octanol–water partition coefficient (Wildman–Crippen LogP) is 8.44. The Morgan fingerprint density at radius 2 is 1.79 bits per heavy atom. The summed E-state index contributed by atoms with van der Waals surface area (Å²) in [5.41, 5.74) is 2.66. The summed E-state index contributed by atoms with van der Waals surface area (Å²) < 4.78 is 11.4. The Bertz CT molecular complexity index is 1110. The fourth-order valence-electron chi connectivity index (χ4n) is 12.1. The van der Waals surface area contributed by atoms with Crippen molar-refractivity contribution in [3.8, 4) is 0 Å². The smallest absolute Gasteiger partial charge is 0.374 e. The van der Waals surface area contributed by atoms with Crippen LogP contribution in [0.5, 0.6) is 0 Å². The van der Waals surface area contributed by atoms with Gasteiger partial charge >= 0.3 is 5.97 Å². The Morgan fingerprint density at radius 1 is 1.00 bits per heavy atom. The van der Waals surface area contributed by atoms with Gasteiger partial charge in [0.1, 0.15) is 0 Å². The van der Waals surface area contributed by atoms with Crippen LogP contribution in [0.4, 0.5) is 0 Å². The average Bonchev–Trinajstić information content (AvgIpc) is 3.52. The number of rotatable bonds is 4. The molecule has 0 unspecified atom stereocenters. The highest BCUT2D eigenvalue weighted by molar-refractivity contribution is 5.86. The summed E-state index contributed by atoms with van der Waals surface area (Å²) in [6.45, 7) is 21.5. The summed E-state index contributed by atoms with van der Waals surface area (Å²) in [5.74, 6) is 3.26. The lowest BCUT2D eigenvalue weighted by molar-refractivity contribution is -0.226. The first-order valence-corrected chi connectivity index (χ1v) is 16.0. The lowest BCUT2D eigenvalue weighted by atomic mass is 9.33. The molecule has 39 heavy (non-hydrogen) atoms. The molecule has 1 aliphatic heterocycles. The molecule has 1 N–H and O–H groups in total. The van der Waals surface area contributed by atoms with Gasteiger partial charge in [-0.2, -0.15) is 0 Å². The van der Waals surface area contributed by atoms with Gasteiger partial charge < -0.3 is 14.5 Å². The number of fused-ring (bicyclic) bond motifs is 7. The molecular formula is C35H53NO3. The van der Waals surface area contributed by atoms with E-state index in [0.29, 0.717) is 46.4 Å². The molecule has 216 valence electrons. The third-order valence-corrected chi connectivity index (χ3v) is 14.1. The molecule has 0 bridgehead atoms. The van der Waals surface area contributed by atoms with E-state index >= 15 is 0 Å². The van der Waals surface area contributed by atoms with Gasteiger partial charge in [-0.25, -0.2) is 4.79 Å². The summed E-state index contributed by atoms with van der Waals surface area (Å²) in [5, 5.41) is 3.95. The van der Waals surface area contributed by atoms with E-state index in [4.69, 9.17) is 9.15 Å². The van der Waals surface area contributed by atoms with Crippen molar-refractivity contribution in [2.45, 2.75) is 111 Å². The van der Waals surface area contributed by atoms with Gasteiger partial charge in [-0.1, -0.05) is 32.9 Å². The lowest BCUT2D eigenvalue weighted by Crippen LogP contribution is -2.66. The van der Waals surface area contributed by atoms with Crippen molar-refractivity contribution in [1.29, 1.82) is 0 Å². The van der Waals surface area contributed by atoms with Gasteiger partial charge in [0.25, 0.3) is 0 Å². The van der Waals surface area contributed by atoms with Crippen molar-refractivity contribution < 1.29 is 13.9 Å². The Balaban J connectivity index is 1.33. The Labute approximate surface area is 237 Å². The zero-order valence-electron chi connectivity index (χ0n) is 25.5. The maximum Gasteiger partial charge on any atom is 0.374 e. The van der Waals surface area contributed by atoms with E-state index < -0.39 is 0 Å². The summed E-state index contributed by atoms with van der Waals surface area (Å²) >= 11 is 0. The van der Waals surface area contributed by atoms with E-state index in [1.165, 1.54) is 56.9 Å². The minimum atomic E-state index is -0.313. The topological polar surface area (TPSA) is 51.5 Å². The summed E-state index contributed by atoms with van der Waals surface area (Å²) in [6.07, 6.45) is 14.3. The molecule has 0 spiro atoms. The highest BCUT2D eigenvalue weighted by atomic mass is 16.5. The van der Waals surface area contributed by atoms with Crippen LogP contribution >= 0.6 is 0 Å². The van der Waals surface area contributed by atoms with Crippen molar-refractivity contribution in [2.75, 3.05) is 13.2 Å². The standard InChI is InChI=1S/C35H53NO3/c1-23(2)24-13-17-35(22-39-30(37)26-10-8-21-38-26)19-18-33(6)25(29(24)35)11-12-28-32(5)15-9-20-36-31(3,4)27(32)14-16-34(28,33)7/h8,10,21,24-25,27-29,36H,1,9,11-20,22H2,2-7H3/t24-,25+,27-,28+,29+,32-,33+,34+,35+/m0/s1. The van der Waals surface area contributed by atoms with Crippen LogP contribution in [0.2, 0.25) is 0 Å². The third kappa shape index (κ3) is 3.89. The minimum absolute atomic E-state index is 0.0641. The van der Waals surface area contributed by atoms with Crippen LogP contribution in [0.15, 0.2) is 35.0 Å². The first-order valence-electron chi connectivity index (χ1n) is 16.0. The summed E-state index contributed by atoms with van der Waals surface area (Å²) in [4.78, 5) is 12.8. The zero-order valence-corrected chi connectivity index (χ0v) is 25.5. The van der Waals surface area contributed by atoms with Gasteiger partial charge in [-0.05, 0) is 149 Å². The fourth-order valence-corrected chi connectivity index (χ4v) is 12.1. The average molecular weight is 536 g/mol. The molecule has 4 aliphatic carbocycles. The molecule has 0 aromatic carbocycles. The first kappa shape index (κ1) is 27.6. The molecule has 4 nitrogen and oxygen atoms in total. The van der Waals surface area contributed by atoms with E-state index in [-0.39, 0.29) is 16.9 Å². The molecule has 1 aromatic rings. The van der Waals surface area contributed by atoms with Gasteiger partial charge in [0.15, 0.2) is 0 Å². The van der Waals surface area contributed by atoms with Gasteiger partial charge in [0.2, 0.25) is 5.76 Å². The van der Waals surface area contributed by atoms with Crippen molar-refractivity contribution >= 4 is 5.97 Å². The van der Waals surface area contributed by atoms with Crippen LogP contribution < -0.4 is 5.32 Å². The van der Waals surface area contributed by atoms with Crippen LogP contribution in [-0.4, -0.2) is 24.7 Å². The van der Waals surface area contributed by atoms with Crippen LogP contribution in [-0.2, 0) is 4.74 Å². The maximum absolute atomic E-state index is 12.8. The highest BCUT2D eigenvalue weighted by Crippen LogP contribution is 2.76. The van der Waals surface area contributed by atoms with E-state index in [0.717, 1.165) is 31.2 Å². The van der Waals surface area contributed by atoms with E-state index in [1.54, 1.807) is 18.4 Å². The van der Waals surface area contributed by atoms with Crippen LogP contribution in [0.25, 0.3) is 0 Å². The second-order valence-corrected chi connectivity index (χ2v) is 15.9. The van der Waals surface area contributed by atoms with Crippen LogP contribution in [0, 0.1) is 51.2 Å². The second-order valence-electron chi connectivity index (χ2n) is 15.9. The number of allylic oxidation sites excluding steroid dienone is 1. The van der Waals surface area contributed by atoms with Crippen molar-refractivity contribution in [3.05, 3.63) is 36.3 Å². The number of nitrogens with one attached hydrogen (secondary N) is 1. The van der Waals surface area contributed by atoms with E-state index in [2.05, 4.69) is 53.4 Å². The van der Waals surface area contributed by atoms with Gasteiger partial charge in [-0.15, -0.1) is 0 Å². The number of esters is 1. The lowest BCUT2D eigenvalue weighted by Gasteiger charge is -2.71. The number of carbonyl (C=O) groups excluding carboxylic acids is 1. The molecule has 4 saturated carbocycles. The molecule has 5 aliphatic rings. The first-order chi connectivity index (χ1) is 18.4. The molecule has 0 amide bonds. The van der Waals surface area contributed by atoms with Crippen molar-refractivity contribution in [1.82, 2.24) is 5.32 Å². The largest absolute Gasteiger partial charge is 0.459 e. The molecule has 2 heterocycles. The van der Waals surface area contributed by atoms with Crippen LogP contribution in [0.3, 0.4) is 0 Å².